The zero-order valence-corrected chi connectivity index (χ0v) is 16.7. The lowest BCUT2D eigenvalue weighted by Gasteiger charge is -2.14. The highest BCUT2D eigenvalue weighted by Crippen LogP contribution is 2.34. The maximum atomic E-state index is 12.7. The van der Waals surface area contributed by atoms with Crippen molar-refractivity contribution in [1.82, 2.24) is 4.90 Å². The summed E-state index contributed by atoms with van der Waals surface area (Å²) in [6, 6.07) is 15.3. The van der Waals surface area contributed by atoms with Gasteiger partial charge in [-0.2, -0.15) is 0 Å². The molecule has 0 aromatic heterocycles. The normalized spacial score (nSPS) is 15.6. The van der Waals surface area contributed by atoms with Crippen LogP contribution in [0.2, 0.25) is 0 Å². The molecule has 3 rings (SSSR count). The second-order valence-electron chi connectivity index (χ2n) is 6.08. The number of carbonyl (C=O) groups is 1. The smallest absolute Gasteiger partial charge is 0.266 e. The first-order chi connectivity index (χ1) is 13.1. The Morgan fingerprint density at radius 3 is 2.74 bits per heavy atom. The zero-order chi connectivity index (χ0) is 19.2. The van der Waals surface area contributed by atoms with Crippen molar-refractivity contribution < 1.29 is 14.6 Å². The third-order valence-electron chi connectivity index (χ3n) is 4.15. The van der Waals surface area contributed by atoms with Crippen LogP contribution in [0, 0.1) is 0 Å². The number of hydrogen-bond donors (Lipinski definition) is 1. The summed E-state index contributed by atoms with van der Waals surface area (Å²) in [6.07, 6.45) is 3.56. The van der Waals surface area contributed by atoms with E-state index in [9.17, 15) is 9.90 Å². The number of aryl methyl sites for hydroxylation is 1. The van der Waals surface area contributed by atoms with E-state index in [2.05, 4.69) is 12.1 Å². The molecule has 1 amide bonds. The molecular formula is C21H21NO3S2. The standard InChI is InChI=1S/C21H21NO3S2/c1-2-25-18-13-16(10-11-17(18)23)14-19-20(24)22(21(26)27-19)12-6-9-15-7-4-3-5-8-15/h3-5,7-8,10-11,13-14,23H,2,6,9,12H2,1H3/b19-14+. The van der Waals surface area contributed by atoms with Crippen LogP contribution >= 0.6 is 24.0 Å². The topological polar surface area (TPSA) is 49.8 Å². The van der Waals surface area contributed by atoms with Crippen molar-refractivity contribution in [2.45, 2.75) is 19.8 Å². The van der Waals surface area contributed by atoms with Crippen LogP contribution in [0.3, 0.4) is 0 Å². The lowest BCUT2D eigenvalue weighted by Crippen LogP contribution is -2.29. The first-order valence-corrected chi connectivity index (χ1v) is 10.1. The van der Waals surface area contributed by atoms with Crippen molar-refractivity contribution in [3.05, 3.63) is 64.6 Å². The number of phenols is 1. The quantitative estimate of drug-likeness (QED) is 0.544. The Morgan fingerprint density at radius 2 is 2.00 bits per heavy atom. The summed E-state index contributed by atoms with van der Waals surface area (Å²) in [5.41, 5.74) is 2.05. The summed E-state index contributed by atoms with van der Waals surface area (Å²) >= 11 is 6.70. The fourth-order valence-electron chi connectivity index (χ4n) is 2.82. The molecular weight excluding hydrogens is 378 g/mol. The maximum absolute atomic E-state index is 12.7. The minimum Gasteiger partial charge on any atom is -0.504 e. The summed E-state index contributed by atoms with van der Waals surface area (Å²) in [6.45, 7) is 2.92. The molecule has 2 aromatic rings. The molecule has 4 nitrogen and oxygen atoms in total. The van der Waals surface area contributed by atoms with E-state index in [0.717, 1.165) is 18.4 Å². The van der Waals surface area contributed by atoms with E-state index < -0.39 is 0 Å². The van der Waals surface area contributed by atoms with Crippen LogP contribution in [0.25, 0.3) is 6.08 Å². The van der Waals surface area contributed by atoms with Crippen LogP contribution in [-0.2, 0) is 11.2 Å². The molecule has 1 N–H and O–H groups in total. The van der Waals surface area contributed by atoms with Crippen molar-refractivity contribution in [2.24, 2.45) is 0 Å². The van der Waals surface area contributed by atoms with E-state index in [1.807, 2.05) is 25.1 Å². The molecule has 0 saturated carbocycles. The van der Waals surface area contributed by atoms with Gasteiger partial charge in [-0.05, 0) is 49.1 Å². The monoisotopic (exact) mass is 399 g/mol. The number of benzene rings is 2. The average Bonchev–Trinajstić information content (AvgIpc) is 2.93. The lowest BCUT2D eigenvalue weighted by atomic mass is 10.1. The Morgan fingerprint density at radius 1 is 1.22 bits per heavy atom. The number of aromatic hydroxyl groups is 1. The highest BCUT2D eigenvalue weighted by molar-refractivity contribution is 8.26. The molecule has 0 atom stereocenters. The number of rotatable bonds is 7. The summed E-state index contributed by atoms with van der Waals surface area (Å²) in [4.78, 5) is 15.0. The van der Waals surface area contributed by atoms with Gasteiger partial charge in [0.25, 0.3) is 5.91 Å². The SMILES string of the molecule is CCOc1cc(/C=C2/SC(=S)N(CCCc3ccccc3)C2=O)ccc1O. The number of thioether (sulfide) groups is 1. The molecule has 0 aliphatic carbocycles. The third kappa shape index (κ3) is 4.90. The Labute approximate surface area is 168 Å². The van der Waals surface area contributed by atoms with Crippen LogP contribution in [0.15, 0.2) is 53.4 Å². The van der Waals surface area contributed by atoms with E-state index in [4.69, 9.17) is 17.0 Å². The van der Waals surface area contributed by atoms with Gasteiger partial charge in [0.2, 0.25) is 0 Å². The van der Waals surface area contributed by atoms with Crippen molar-refractivity contribution in [2.75, 3.05) is 13.2 Å². The van der Waals surface area contributed by atoms with Crippen LogP contribution in [0.5, 0.6) is 11.5 Å². The summed E-state index contributed by atoms with van der Waals surface area (Å²) in [7, 11) is 0. The average molecular weight is 400 g/mol. The van der Waals surface area contributed by atoms with Gasteiger partial charge in [-0.15, -0.1) is 0 Å². The van der Waals surface area contributed by atoms with E-state index >= 15 is 0 Å². The fourth-order valence-corrected chi connectivity index (χ4v) is 4.13. The molecule has 140 valence electrons. The van der Waals surface area contributed by atoms with Gasteiger partial charge in [-0.3, -0.25) is 9.69 Å². The van der Waals surface area contributed by atoms with Crippen LogP contribution in [0.4, 0.5) is 0 Å². The molecule has 0 bridgehead atoms. The molecule has 1 saturated heterocycles. The van der Waals surface area contributed by atoms with Gasteiger partial charge >= 0.3 is 0 Å². The molecule has 27 heavy (non-hydrogen) atoms. The molecule has 0 unspecified atom stereocenters. The molecule has 6 heteroatoms. The highest BCUT2D eigenvalue weighted by atomic mass is 32.2. The molecule has 0 radical (unpaired) electrons. The van der Waals surface area contributed by atoms with Crippen LogP contribution in [0.1, 0.15) is 24.5 Å². The Balaban J connectivity index is 1.66. The first-order valence-electron chi connectivity index (χ1n) is 8.83. The van der Waals surface area contributed by atoms with E-state index in [1.54, 1.807) is 29.2 Å². The molecule has 1 heterocycles. The minimum atomic E-state index is -0.0657. The molecule has 1 fully saturated rings. The van der Waals surface area contributed by atoms with Gasteiger partial charge in [-0.25, -0.2) is 0 Å². The van der Waals surface area contributed by atoms with E-state index in [-0.39, 0.29) is 11.7 Å². The van der Waals surface area contributed by atoms with Crippen molar-refractivity contribution in [3.8, 4) is 11.5 Å². The van der Waals surface area contributed by atoms with Crippen molar-refractivity contribution in [3.63, 3.8) is 0 Å². The number of ether oxygens (including phenoxy) is 1. The number of amides is 1. The van der Waals surface area contributed by atoms with Crippen LogP contribution in [-0.4, -0.2) is 33.4 Å². The van der Waals surface area contributed by atoms with Crippen LogP contribution < -0.4 is 4.74 Å². The molecule has 1 aliphatic rings. The summed E-state index contributed by atoms with van der Waals surface area (Å²) in [5.74, 6) is 0.427. The number of phenolic OH excluding ortho intramolecular Hbond substituents is 1. The van der Waals surface area contributed by atoms with Gasteiger partial charge in [-0.1, -0.05) is 60.4 Å². The highest BCUT2D eigenvalue weighted by Gasteiger charge is 2.31. The van der Waals surface area contributed by atoms with Crippen molar-refractivity contribution in [1.29, 1.82) is 0 Å². The number of nitrogens with zero attached hydrogens (tertiary/aromatic N) is 1. The second-order valence-corrected chi connectivity index (χ2v) is 7.76. The van der Waals surface area contributed by atoms with Gasteiger partial charge in [0, 0.05) is 6.54 Å². The lowest BCUT2D eigenvalue weighted by molar-refractivity contribution is -0.122. The number of hydrogen-bond acceptors (Lipinski definition) is 5. The minimum absolute atomic E-state index is 0.0657. The molecule has 0 spiro atoms. The van der Waals surface area contributed by atoms with Gasteiger partial charge in [0.05, 0.1) is 11.5 Å². The van der Waals surface area contributed by atoms with Crippen molar-refractivity contribution >= 4 is 40.3 Å². The third-order valence-corrected chi connectivity index (χ3v) is 5.52. The Hall–Kier alpha value is -2.31. The first kappa shape index (κ1) is 19.5. The van der Waals surface area contributed by atoms with Gasteiger partial charge < -0.3 is 9.84 Å². The second kappa shape index (κ2) is 9.06. The van der Waals surface area contributed by atoms with E-state index in [1.165, 1.54) is 17.3 Å². The number of carbonyl (C=O) groups excluding carboxylic acids is 1. The zero-order valence-electron chi connectivity index (χ0n) is 15.1. The number of thiocarbonyl (C=S) groups is 1. The largest absolute Gasteiger partial charge is 0.504 e. The predicted molar refractivity (Wildman–Crippen MR) is 114 cm³/mol. The summed E-state index contributed by atoms with van der Waals surface area (Å²) < 4.78 is 5.99. The maximum Gasteiger partial charge on any atom is 0.266 e. The fraction of sp³-hybridized carbons (Fsp3) is 0.238. The van der Waals surface area contributed by atoms with E-state index in [0.29, 0.717) is 28.1 Å². The summed E-state index contributed by atoms with van der Waals surface area (Å²) in [5, 5.41) is 9.81. The van der Waals surface area contributed by atoms with Gasteiger partial charge in [0.1, 0.15) is 4.32 Å². The van der Waals surface area contributed by atoms with Gasteiger partial charge in [0.15, 0.2) is 11.5 Å². The Kier molecular flexibility index (Phi) is 6.53. The predicted octanol–water partition coefficient (Wildman–Crippen LogP) is 4.62. The Bertz CT molecular complexity index is 865. The molecule has 1 aliphatic heterocycles. The molecule has 2 aromatic carbocycles.